The van der Waals surface area contributed by atoms with Crippen LogP contribution >= 0.6 is 0 Å². The zero-order valence-electron chi connectivity index (χ0n) is 12.2. The second kappa shape index (κ2) is 6.11. The number of nitrogens with one attached hydrogen (secondary N) is 1. The molecule has 0 spiro atoms. The summed E-state index contributed by atoms with van der Waals surface area (Å²) in [5.74, 6) is -0.0422. The number of hydrogen-bond acceptors (Lipinski definition) is 4. The van der Waals surface area contributed by atoms with Gasteiger partial charge in [0.1, 0.15) is 5.69 Å². The lowest BCUT2D eigenvalue weighted by Crippen LogP contribution is -2.33. The highest BCUT2D eigenvalue weighted by molar-refractivity contribution is 5.89. The third kappa shape index (κ3) is 3.51. The summed E-state index contributed by atoms with van der Waals surface area (Å²) >= 11 is 0. The molecule has 0 amide bonds. The van der Waals surface area contributed by atoms with E-state index in [4.69, 9.17) is 5.11 Å². The zero-order chi connectivity index (χ0) is 15.6. The fraction of sp³-hybridized carbons (Fsp3) is 0.533. The number of anilines is 1. The van der Waals surface area contributed by atoms with Gasteiger partial charge >= 0.3 is 5.97 Å². The molecule has 1 aromatic carbocycles. The van der Waals surface area contributed by atoms with Crippen molar-refractivity contribution in [1.29, 1.82) is 0 Å². The van der Waals surface area contributed by atoms with Gasteiger partial charge in [-0.05, 0) is 43.2 Å². The lowest BCUT2D eigenvalue weighted by atomic mass is 9.80. The Kier molecular flexibility index (Phi) is 4.45. The molecule has 114 valence electrons. The quantitative estimate of drug-likeness (QED) is 0.654. The van der Waals surface area contributed by atoms with Crippen LogP contribution < -0.4 is 5.32 Å². The van der Waals surface area contributed by atoms with Crippen LogP contribution in [0.1, 0.15) is 43.5 Å². The van der Waals surface area contributed by atoms with E-state index in [1.807, 2.05) is 0 Å². The van der Waals surface area contributed by atoms with E-state index in [1.165, 1.54) is 12.1 Å². The molecule has 2 rings (SSSR count). The third-order valence-electron chi connectivity index (χ3n) is 4.21. The summed E-state index contributed by atoms with van der Waals surface area (Å²) in [6.07, 6.45) is 3.17. The lowest BCUT2D eigenvalue weighted by molar-refractivity contribution is -0.384. The van der Waals surface area contributed by atoms with E-state index < -0.39 is 10.9 Å². The first-order valence-corrected chi connectivity index (χ1v) is 7.16. The van der Waals surface area contributed by atoms with Crippen LogP contribution in [0.4, 0.5) is 11.4 Å². The van der Waals surface area contributed by atoms with Crippen molar-refractivity contribution in [2.75, 3.05) is 5.32 Å². The molecule has 6 nitrogen and oxygen atoms in total. The molecule has 1 aromatic rings. The van der Waals surface area contributed by atoms with Gasteiger partial charge in [0.15, 0.2) is 0 Å². The van der Waals surface area contributed by atoms with Gasteiger partial charge in [0, 0.05) is 12.1 Å². The van der Waals surface area contributed by atoms with Crippen molar-refractivity contribution >= 4 is 17.3 Å². The summed E-state index contributed by atoms with van der Waals surface area (Å²) in [7, 11) is 0. The molecule has 21 heavy (non-hydrogen) atoms. The van der Waals surface area contributed by atoms with Crippen LogP contribution in [0.15, 0.2) is 18.2 Å². The Bertz CT molecular complexity index is 559. The molecule has 0 aromatic heterocycles. The summed E-state index contributed by atoms with van der Waals surface area (Å²) in [5.41, 5.74) is 0.148. The predicted octanol–water partition coefficient (Wildman–Crippen LogP) is 3.53. The van der Waals surface area contributed by atoms with Gasteiger partial charge in [0.2, 0.25) is 0 Å². The Morgan fingerprint density at radius 2 is 2.10 bits per heavy atom. The van der Waals surface area contributed by atoms with Crippen LogP contribution in [-0.4, -0.2) is 22.0 Å². The van der Waals surface area contributed by atoms with E-state index in [1.54, 1.807) is 0 Å². The molecule has 1 saturated carbocycles. The van der Waals surface area contributed by atoms with E-state index >= 15 is 0 Å². The standard InChI is InChI=1S/C15H20N2O4/c1-9-3-5-12(10(2)7-9)16-13-6-4-11(15(18)19)8-14(13)17(20)21/h4,6,8-10,12,16H,3,5,7H2,1-2H3,(H,18,19). The maximum absolute atomic E-state index is 11.1. The number of rotatable bonds is 4. The van der Waals surface area contributed by atoms with Crippen LogP contribution in [0, 0.1) is 22.0 Å². The van der Waals surface area contributed by atoms with Gasteiger partial charge in [-0.2, -0.15) is 0 Å². The molecule has 0 aliphatic heterocycles. The van der Waals surface area contributed by atoms with Crippen LogP contribution in [0.5, 0.6) is 0 Å². The van der Waals surface area contributed by atoms with E-state index in [0.29, 0.717) is 17.5 Å². The lowest BCUT2D eigenvalue weighted by Gasteiger charge is -2.33. The highest BCUT2D eigenvalue weighted by Crippen LogP contribution is 2.33. The van der Waals surface area contributed by atoms with Crippen molar-refractivity contribution in [3.05, 3.63) is 33.9 Å². The number of nitro groups is 1. The van der Waals surface area contributed by atoms with Gasteiger partial charge in [-0.15, -0.1) is 0 Å². The van der Waals surface area contributed by atoms with Crippen molar-refractivity contribution in [2.45, 2.75) is 39.2 Å². The predicted molar refractivity (Wildman–Crippen MR) is 79.6 cm³/mol. The average molecular weight is 292 g/mol. The molecule has 1 aliphatic rings. The molecule has 2 N–H and O–H groups in total. The summed E-state index contributed by atoms with van der Waals surface area (Å²) in [6, 6.07) is 4.19. The topological polar surface area (TPSA) is 92.5 Å². The van der Waals surface area contributed by atoms with E-state index in [-0.39, 0.29) is 17.3 Å². The van der Waals surface area contributed by atoms with Gasteiger partial charge in [-0.25, -0.2) is 4.79 Å². The molecule has 0 saturated heterocycles. The average Bonchev–Trinajstić information content (AvgIpc) is 2.41. The molecule has 3 unspecified atom stereocenters. The minimum Gasteiger partial charge on any atom is -0.478 e. The second-order valence-electron chi connectivity index (χ2n) is 5.94. The first kappa shape index (κ1) is 15.3. The van der Waals surface area contributed by atoms with Gasteiger partial charge in [-0.3, -0.25) is 10.1 Å². The molecular formula is C15H20N2O4. The number of aromatic carboxylic acids is 1. The molecular weight excluding hydrogens is 272 g/mol. The van der Waals surface area contributed by atoms with E-state index in [0.717, 1.165) is 25.3 Å². The van der Waals surface area contributed by atoms with Crippen molar-refractivity contribution < 1.29 is 14.8 Å². The molecule has 0 bridgehead atoms. The number of hydrogen-bond donors (Lipinski definition) is 2. The van der Waals surface area contributed by atoms with Crippen LogP contribution in [-0.2, 0) is 0 Å². The van der Waals surface area contributed by atoms with Crippen LogP contribution in [0.3, 0.4) is 0 Å². The van der Waals surface area contributed by atoms with Gasteiger partial charge < -0.3 is 10.4 Å². The van der Waals surface area contributed by atoms with Gasteiger partial charge in [0.05, 0.1) is 10.5 Å². The molecule has 3 atom stereocenters. The smallest absolute Gasteiger partial charge is 0.335 e. The summed E-state index contributed by atoms with van der Waals surface area (Å²) in [5, 5.41) is 23.3. The van der Waals surface area contributed by atoms with Crippen molar-refractivity contribution in [3.63, 3.8) is 0 Å². The van der Waals surface area contributed by atoms with E-state index in [2.05, 4.69) is 19.2 Å². The SMILES string of the molecule is CC1CCC(Nc2ccc(C(=O)O)cc2[N+](=O)[O-])C(C)C1. The molecule has 1 aliphatic carbocycles. The summed E-state index contributed by atoms with van der Waals surface area (Å²) < 4.78 is 0. The second-order valence-corrected chi connectivity index (χ2v) is 5.94. The number of nitrogens with zero attached hydrogens (tertiary/aromatic N) is 1. The Hall–Kier alpha value is -2.11. The fourth-order valence-corrected chi connectivity index (χ4v) is 3.02. The summed E-state index contributed by atoms with van der Waals surface area (Å²) in [4.78, 5) is 21.5. The monoisotopic (exact) mass is 292 g/mol. The minimum absolute atomic E-state index is 0.0717. The van der Waals surface area contributed by atoms with Crippen molar-refractivity contribution in [3.8, 4) is 0 Å². The Labute approximate surface area is 123 Å². The highest BCUT2D eigenvalue weighted by atomic mass is 16.6. The fourth-order valence-electron chi connectivity index (χ4n) is 3.02. The number of nitro benzene ring substituents is 1. The first-order chi connectivity index (χ1) is 9.88. The summed E-state index contributed by atoms with van der Waals surface area (Å²) in [6.45, 7) is 4.36. The zero-order valence-corrected chi connectivity index (χ0v) is 12.2. The molecule has 0 radical (unpaired) electrons. The number of carboxylic acid groups (broad SMARTS) is 1. The maximum Gasteiger partial charge on any atom is 0.335 e. The normalized spacial score (nSPS) is 25.3. The maximum atomic E-state index is 11.1. The van der Waals surface area contributed by atoms with Gasteiger partial charge in [-0.1, -0.05) is 13.8 Å². The Morgan fingerprint density at radius 1 is 1.38 bits per heavy atom. The molecule has 6 heteroatoms. The van der Waals surface area contributed by atoms with Crippen molar-refractivity contribution in [1.82, 2.24) is 0 Å². The Morgan fingerprint density at radius 3 is 2.67 bits per heavy atom. The number of carboxylic acids is 1. The van der Waals surface area contributed by atoms with E-state index in [9.17, 15) is 14.9 Å². The third-order valence-corrected chi connectivity index (χ3v) is 4.21. The van der Waals surface area contributed by atoms with Gasteiger partial charge in [0.25, 0.3) is 5.69 Å². The minimum atomic E-state index is -1.16. The highest BCUT2D eigenvalue weighted by Gasteiger charge is 2.27. The number of carbonyl (C=O) groups is 1. The number of benzene rings is 1. The molecule has 1 fully saturated rings. The van der Waals surface area contributed by atoms with Crippen LogP contribution in [0.25, 0.3) is 0 Å². The largest absolute Gasteiger partial charge is 0.478 e. The first-order valence-electron chi connectivity index (χ1n) is 7.16. The van der Waals surface area contributed by atoms with Crippen molar-refractivity contribution in [2.24, 2.45) is 11.8 Å². The molecule has 0 heterocycles. The van der Waals surface area contributed by atoms with Crippen LogP contribution in [0.2, 0.25) is 0 Å². The Balaban J connectivity index is 2.23.